The molecule has 0 aliphatic carbocycles. The molecule has 5 nitrogen and oxygen atoms in total. The molecule has 0 saturated carbocycles. The van der Waals surface area contributed by atoms with Crippen LogP contribution in [0, 0.1) is 0 Å². The van der Waals surface area contributed by atoms with E-state index in [-0.39, 0.29) is 6.33 Å². The number of unbranched alkanes of at least 4 members (excludes halogenated alkanes) is 1. The van der Waals surface area contributed by atoms with E-state index in [2.05, 4.69) is 29.5 Å². The van der Waals surface area contributed by atoms with E-state index in [1.165, 1.54) is 12.8 Å². The highest BCUT2D eigenvalue weighted by Crippen LogP contribution is 2.45. The molecular formula is C20H22FN5S3. The fraction of sp³-hybridized carbons (Fsp3) is 0.250. The fourth-order valence-electron chi connectivity index (χ4n) is 2.78. The number of fused-ring (bicyclic) bond motifs is 1. The smallest absolute Gasteiger partial charge is 0.141 e. The van der Waals surface area contributed by atoms with Crippen molar-refractivity contribution in [1.29, 1.82) is 0 Å². The van der Waals surface area contributed by atoms with E-state index in [9.17, 15) is 4.39 Å². The molecule has 29 heavy (non-hydrogen) atoms. The molecule has 2 N–H and O–H groups in total. The van der Waals surface area contributed by atoms with Crippen LogP contribution in [0.1, 0.15) is 19.8 Å². The lowest BCUT2D eigenvalue weighted by molar-refractivity contribution is 0.725. The molecule has 0 fully saturated rings. The number of aryl methyl sites for hydroxylation is 1. The fourth-order valence-corrected chi connectivity index (χ4v) is 5.83. The third-order valence-electron chi connectivity index (χ3n) is 4.11. The number of thioether (sulfide) groups is 1. The molecule has 9 heteroatoms. The number of hydrogen-bond acceptors (Lipinski definition) is 7. The van der Waals surface area contributed by atoms with Crippen molar-refractivity contribution in [3.63, 3.8) is 0 Å². The molecule has 0 aliphatic rings. The Balaban J connectivity index is 0.000000755. The first-order valence-electron chi connectivity index (χ1n) is 9.05. The van der Waals surface area contributed by atoms with Gasteiger partial charge in [-0.05, 0) is 18.2 Å². The number of rotatable bonds is 6. The van der Waals surface area contributed by atoms with Crippen LogP contribution < -0.4 is 5.73 Å². The molecule has 0 radical (unpaired) electrons. The molecule has 4 aromatic heterocycles. The normalized spacial score (nSPS) is 10.7. The van der Waals surface area contributed by atoms with Crippen molar-refractivity contribution in [2.45, 2.75) is 24.0 Å². The maximum Gasteiger partial charge on any atom is 0.141 e. The molecule has 0 aromatic carbocycles. The maximum absolute atomic E-state index is 10.1. The lowest BCUT2D eigenvalue weighted by Crippen LogP contribution is -1.96. The predicted molar refractivity (Wildman–Crippen MR) is 124 cm³/mol. The summed E-state index contributed by atoms with van der Waals surface area (Å²) >= 11 is 5.08. The largest absolute Gasteiger partial charge is 0.397 e. The van der Waals surface area contributed by atoms with Crippen LogP contribution in [0.4, 0.5) is 10.1 Å². The van der Waals surface area contributed by atoms with E-state index in [4.69, 9.17) is 10.7 Å². The minimum atomic E-state index is 0.250. The summed E-state index contributed by atoms with van der Waals surface area (Å²) < 4.78 is 13.2. The number of thiazole rings is 1. The number of nitrogens with two attached hydrogens (primary N) is 1. The number of nitrogen functional groups attached to an aromatic ring is 1. The Hall–Kier alpha value is -2.23. The highest BCUT2D eigenvalue weighted by Gasteiger charge is 2.20. The van der Waals surface area contributed by atoms with Gasteiger partial charge < -0.3 is 10.3 Å². The predicted octanol–water partition coefficient (Wildman–Crippen LogP) is 6.39. The second-order valence-corrected chi connectivity index (χ2v) is 9.35. The molecule has 0 saturated heterocycles. The molecule has 152 valence electrons. The van der Waals surface area contributed by atoms with Gasteiger partial charge in [-0.1, -0.05) is 19.9 Å². The Bertz CT molecular complexity index is 1090. The van der Waals surface area contributed by atoms with Crippen molar-refractivity contribution in [2.75, 3.05) is 11.5 Å². The summed E-state index contributed by atoms with van der Waals surface area (Å²) in [4.78, 5) is 14.8. The zero-order valence-electron chi connectivity index (χ0n) is 16.3. The molecule has 0 atom stereocenters. The van der Waals surface area contributed by atoms with Crippen LogP contribution in [0.25, 0.3) is 32.3 Å². The van der Waals surface area contributed by atoms with E-state index in [0.29, 0.717) is 0 Å². The number of halogens is 1. The second kappa shape index (κ2) is 10.00. The molecule has 0 unspecified atom stereocenters. The summed E-state index contributed by atoms with van der Waals surface area (Å²) in [6.07, 6.45) is 8.18. The number of nitrogens with zero attached hydrogens (tertiary/aromatic N) is 4. The van der Waals surface area contributed by atoms with Crippen molar-refractivity contribution in [3.8, 4) is 22.1 Å². The number of pyridine rings is 1. The van der Waals surface area contributed by atoms with Gasteiger partial charge in [-0.25, -0.2) is 19.3 Å². The van der Waals surface area contributed by atoms with Gasteiger partial charge in [0.1, 0.15) is 21.4 Å². The van der Waals surface area contributed by atoms with Gasteiger partial charge in [0.05, 0.1) is 16.2 Å². The van der Waals surface area contributed by atoms with Crippen LogP contribution in [-0.4, -0.2) is 25.3 Å². The van der Waals surface area contributed by atoms with Crippen LogP contribution >= 0.6 is 34.4 Å². The first-order valence-corrected chi connectivity index (χ1v) is 11.7. The first kappa shape index (κ1) is 21.5. The lowest BCUT2D eigenvalue weighted by Gasteiger charge is -2.07. The molecular weight excluding hydrogens is 425 g/mol. The lowest BCUT2D eigenvalue weighted by atomic mass is 10.1. The van der Waals surface area contributed by atoms with Gasteiger partial charge in [0.15, 0.2) is 0 Å². The van der Waals surface area contributed by atoms with Crippen LogP contribution in [0.2, 0.25) is 0 Å². The topological polar surface area (TPSA) is 69.6 Å². The molecule has 0 amide bonds. The Kier molecular flexibility index (Phi) is 7.40. The highest BCUT2D eigenvalue weighted by atomic mass is 32.2. The van der Waals surface area contributed by atoms with Gasteiger partial charge in [-0.3, -0.25) is 0 Å². The number of hydrogen-bond donors (Lipinski definition) is 1. The Labute approximate surface area is 181 Å². The van der Waals surface area contributed by atoms with Crippen molar-refractivity contribution < 1.29 is 4.39 Å². The average Bonchev–Trinajstić information content (AvgIpc) is 3.44. The van der Waals surface area contributed by atoms with Crippen molar-refractivity contribution in [3.05, 3.63) is 42.9 Å². The van der Waals surface area contributed by atoms with E-state index in [1.807, 2.05) is 41.2 Å². The number of anilines is 1. The summed E-state index contributed by atoms with van der Waals surface area (Å²) in [6.45, 7) is 4.90. The SMILES string of the molecule is C=CF.CCCCSc1sc2nc(-c3nccs3)cc(-c3nccn3C)c2c1N. The van der Waals surface area contributed by atoms with Gasteiger partial charge >= 0.3 is 0 Å². The van der Waals surface area contributed by atoms with E-state index in [1.54, 1.807) is 28.9 Å². The molecule has 4 aromatic rings. The van der Waals surface area contributed by atoms with Crippen molar-refractivity contribution >= 4 is 50.3 Å². The summed E-state index contributed by atoms with van der Waals surface area (Å²) in [7, 11) is 2.00. The average molecular weight is 448 g/mol. The maximum atomic E-state index is 10.1. The third kappa shape index (κ3) is 4.68. The van der Waals surface area contributed by atoms with Crippen LogP contribution in [0.3, 0.4) is 0 Å². The Morgan fingerprint density at radius 2 is 2.14 bits per heavy atom. The zero-order valence-corrected chi connectivity index (χ0v) is 18.7. The van der Waals surface area contributed by atoms with Crippen LogP contribution in [-0.2, 0) is 7.05 Å². The first-order chi connectivity index (χ1) is 14.1. The van der Waals surface area contributed by atoms with Gasteiger partial charge in [0.25, 0.3) is 0 Å². The van der Waals surface area contributed by atoms with Crippen molar-refractivity contribution in [2.24, 2.45) is 7.05 Å². The summed E-state index contributed by atoms with van der Waals surface area (Å²) in [5.74, 6) is 1.97. The molecule has 4 heterocycles. The van der Waals surface area contributed by atoms with E-state index >= 15 is 0 Å². The number of thiophene rings is 1. The molecule has 0 spiro atoms. The summed E-state index contributed by atoms with van der Waals surface area (Å²) in [5, 5.41) is 3.88. The van der Waals surface area contributed by atoms with Crippen LogP contribution in [0.5, 0.6) is 0 Å². The van der Waals surface area contributed by atoms with Crippen molar-refractivity contribution in [1.82, 2.24) is 19.5 Å². The molecule has 0 bridgehead atoms. The third-order valence-corrected chi connectivity index (χ3v) is 7.38. The number of aromatic nitrogens is 4. The Morgan fingerprint density at radius 1 is 1.34 bits per heavy atom. The molecule has 4 rings (SSSR count). The molecule has 0 aliphatic heterocycles. The van der Waals surface area contributed by atoms with E-state index < -0.39 is 0 Å². The summed E-state index contributed by atoms with van der Waals surface area (Å²) in [6, 6.07) is 2.06. The standard InChI is InChI=1S/C18H19N5S3.C2H3F/c1-3-4-8-25-18-14(19)13-11(15-20-5-7-23(15)2)10-12(22-17(13)26-18)16-21-6-9-24-16;1-2-3/h5-7,9-10H,3-4,8,19H2,1-2H3;2H,1H2. The van der Waals surface area contributed by atoms with Gasteiger partial charge in [0.2, 0.25) is 0 Å². The monoisotopic (exact) mass is 447 g/mol. The second-order valence-electron chi connectivity index (χ2n) is 6.09. The van der Waals surface area contributed by atoms with Crippen LogP contribution in [0.15, 0.2) is 47.2 Å². The number of imidazole rings is 1. The Morgan fingerprint density at radius 3 is 2.76 bits per heavy atom. The van der Waals surface area contributed by atoms with Gasteiger partial charge in [-0.2, -0.15) is 0 Å². The summed E-state index contributed by atoms with van der Waals surface area (Å²) in [5.41, 5.74) is 9.26. The quantitative estimate of drug-likeness (QED) is 0.274. The van der Waals surface area contributed by atoms with E-state index in [0.717, 1.165) is 48.0 Å². The van der Waals surface area contributed by atoms with Gasteiger partial charge in [0, 0.05) is 42.0 Å². The zero-order chi connectivity index (χ0) is 20.8. The highest BCUT2D eigenvalue weighted by molar-refractivity contribution is 8.01. The minimum absolute atomic E-state index is 0.250. The van der Waals surface area contributed by atoms with Gasteiger partial charge in [-0.15, -0.1) is 34.4 Å². The minimum Gasteiger partial charge on any atom is -0.397 e.